The molecule has 0 aromatic heterocycles. The maximum atomic E-state index is 5.47. The van der Waals surface area contributed by atoms with E-state index in [9.17, 15) is 0 Å². The third-order valence-electron chi connectivity index (χ3n) is 3.72. The second-order valence-corrected chi connectivity index (χ2v) is 5.26. The number of nitrogens with zero attached hydrogens (tertiary/aromatic N) is 2. The van der Waals surface area contributed by atoms with Crippen molar-refractivity contribution in [3.8, 4) is 17.2 Å². The SMILES string of the molecule is C=CCCCN(C)C(=NC)NCc1c(OC)cc(OC)cc1OC.I. The Morgan fingerprint density at radius 1 is 1.20 bits per heavy atom. The van der Waals surface area contributed by atoms with Crippen LogP contribution in [0, 0.1) is 0 Å². The first kappa shape index (κ1) is 23.4. The predicted octanol–water partition coefficient (Wildman–Crippen LogP) is 3.30. The second-order valence-electron chi connectivity index (χ2n) is 5.26. The highest BCUT2D eigenvalue weighted by Crippen LogP contribution is 2.33. The average Bonchev–Trinajstić information content (AvgIpc) is 2.61. The van der Waals surface area contributed by atoms with E-state index in [1.807, 2.05) is 25.3 Å². The van der Waals surface area contributed by atoms with Gasteiger partial charge in [0, 0.05) is 32.8 Å². The Morgan fingerprint density at radius 3 is 2.24 bits per heavy atom. The van der Waals surface area contributed by atoms with Crippen molar-refractivity contribution in [2.24, 2.45) is 4.99 Å². The highest BCUT2D eigenvalue weighted by molar-refractivity contribution is 14.0. The molecule has 0 aliphatic carbocycles. The van der Waals surface area contributed by atoms with Crippen molar-refractivity contribution in [2.45, 2.75) is 19.4 Å². The summed E-state index contributed by atoms with van der Waals surface area (Å²) in [6.45, 7) is 5.19. The minimum atomic E-state index is 0. The molecule has 1 N–H and O–H groups in total. The van der Waals surface area contributed by atoms with Gasteiger partial charge in [0.1, 0.15) is 17.2 Å². The summed E-state index contributed by atoms with van der Waals surface area (Å²) in [5.74, 6) is 2.93. The van der Waals surface area contributed by atoms with E-state index < -0.39 is 0 Å². The number of methoxy groups -OCH3 is 3. The fraction of sp³-hybridized carbons (Fsp3) is 0.500. The van der Waals surface area contributed by atoms with Gasteiger partial charge in [-0.1, -0.05) is 6.08 Å². The molecule has 0 fully saturated rings. The summed E-state index contributed by atoms with van der Waals surface area (Å²) in [6, 6.07) is 3.69. The van der Waals surface area contributed by atoms with Crippen molar-refractivity contribution in [3.63, 3.8) is 0 Å². The van der Waals surface area contributed by atoms with E-state index in [0.29, 0.717) is 23.8 Å². The van der Waals surface area contributed by atoms with E-state index >= 15 is 0 Å². The van der Waals surface area contributed by atoms with E-state index in [-0.39, 0.29) is 24.0 Å². The largest absolute Gasteiger partial charge is 0.496 e. The molecule has 0 saturated heterocycles. The molecule has 0 aliphatic rings. The number of ether oxygens (including phenoxy) is 3. The zero-order valence-corrected chi connectivity index (χ0v) is 18.1. The van der Waals surface area contributed by atoms with Crippen LogP contribution in [-0.4, -0.2) is 52.8 Å². The summed E-state index contributed by atoms with van der Waals surface area (Å²) in [6.07, 6.45) is 3.95. The molecule has 0 aliphatic heterocycles. The van der Waals surface area contributed by atoms with Crippen LogP contribution in [0.15, 0.2) is 29.8 Å². The summed E-state index contributed by atoms with van der Waals surface area (Å²) in [4.78, 5) is 6.42. The van der Waals surface area contributed by atoms with E-state index in [1.165, 1.54) is 0 Å². The molecule has 0 heterocycles. The molecule has 142 valence electrons. The Kier molecular flexibility index (Phi) is 11.9. The van der Waals surface area contributed by atoms with Crippen LogP contribution in [0.25, 0.3) is 0 Å². The third-order valence-corrected chi connectivity index (χ3v) is 3.72. The maximum absolute atomic E-state index is 5.47. The second kappa shape index (κ2) is 12.7. The fourth-order valence-corrected chi connectivity index (χ4v) is 2.38. The molecule has 0 spiro atoms. The first-order chi connectivity index (χ1) is 11.6. The fourth-order valence-electron chi connectivity index (χ4n) is 2.38. The van der Waals surface area contributed by atoms with Crippen LogP contribution in [0.1, 0.15) is 18.4 Å². The van der Waals surface area contributed by atoms with Gasteiger partial charge in [-0.2, -0.15) is 0 Å². The van der Waals surface area contributed by atoms with Crippen molar-refractivity contribution in [2.75, 3.05) is 42.0 Å². The number of hydrogen-bond acceptors (Lipinski definition) is 4. The number of unbranched alkanes of at least 4 members (excludes halogenated alkanes) is 1. The first-order valence-corrected chi connectivity index (χ1v) is 7.92. The van der Waals surface area contributed by atoms with Crippen LogP contribution in [-0.2, 0) is 6.54 Å². The molecule has 1 rings (SSSR count). The van der Waals surface area contributed by atoms with Gasteiger partial charge in [-0.15, -0.1) is 30.6 Å². The maximum Gasteiger partial charge on any atom is 0.193 e. The molecule has 1 aromatic carbocycles. The summed E-state index contributed by atoms with van der Waals surface area (Å²) in [5, 5.41) is 3.35. The van der Waals surface area contributed by atoms with Crippen molar-refractivity contribution in [1.29, 1.82) is 0 Å². The molecule has 0 saturated carbocycles. The van der Waals surface area contributed by atoms with Crippen LogP contribution < -0.4 is 19.5 Å². The zero-order valence-electron chi connectivity index (χ0n) is 15.8. The third kappa shape index (κ3) is 7.01. The smallest absolute Gasteiger partial charge is 0.193 e. The molecule has 0 bridgehead atoms. The number of allylic oxidation sites excluding steroid dienone is 1. The molecule has 25 heavy (non-hydrogen) atoms. The van der Waals surface area contributed by atoms with Gasteiger partial charge < -0.3 is 24.4 Å². The Bertz CT molecular complexity index is 539. The monoisotopic (exact) mass is 463 g/mol. The van der Waals surface area contributed by atoms with E-state index in [0.717, 1.165) is 30.9 Å². The van der Waals surface area contributed by atoms with E-state index in [1.54, 1.807) is 28.4 Å². The molecular formula is C18H30IN3O3. The summed E-state index contributed by atoms with van der Waals surface area (Å²) < 4.78 is 16.2. The lowest BCUT2D eigenvalue weighted by Crippen LogP contribution is -2.39. The van der Waals surface area contributed by atoms with E-state index in [4.69, 9.17) is 14.2 Å². The van der Waals surface area contributed by atoms with Gasteiger partial charge >= 0.3 is 0 Å². The molecule has 7 heteroatoms. The topological polar surface area (TPSA) is 55.3 Å². The van der Waals surface area contributed by atoms with Crippen molar-refractivity contribution < 1.29 is 14.2 Å². The van der Waals surface area contributed by atoms with Crippen LogP contribution in [0.4, 0.5) is 0 Å². The van der Waals surface area contributed by atoms with Crippen LogP contribution in [0.2, 0.25) is 0 Å². The van der Waals surface area contributed by atoms with Gasteiger partial charge in [0.2, 0.25) is 0 Å². The molecule has 0 atom stereocenters. The quantitative estimate of drug-likeness (QED) is 0.200. The molecule has 1 aromatic rings. The summed E-state index contributed by atoms with van der Waals surface area (Å²) in [7, 11) is 8.67. The Morgan fingerprint density at radius 2 is 1.80 bits per heavy atom. The number of aliphatic imine (C=N–C) groups is 1. The van der Waals surface area contributed by atoms with Gasteiger partial charge in [0.15, 0.2) is 5.96 Å². The average molecular weight is 463 g/mol. The standard InChI is InChI=1S/C18H29N3O3.HI/c1-7-8-9-10-21(3)18(19-2)20-13-15-16(23-5)11-14(22-4)12-17(15)24-6;/h7,11-12H,1,8-10,13H2,2-6H3,(H,19,20);1H. The van der Waals surface area contributed by atoms with Crippen molar-refractivity contribution in [3.05, 3.63) is 30.4 Å². The number of rotatable bonds is 9. The Balaban J connectivity index is 0.00000576. The summed E-state index contributed by atoms with van der Waals surface area (Å²) in [5.41, 5.74) is 0.918. The number of halogens is 1. The lowest BCUT2D eigenvalue weighted by atomic mass is 10.1. The minimum Gasteiger partial charge on any atom is -0.496 e. The molecule has 0 unspecified atom stereocenters. The van der Waals surface area contributed by atoms with Crippen molar-refractivity contribution >= 4 is 29.9 Å². The number of hydrogen-bond donors (Lipinski definition) is 1. The molecular weight excluding hydrogens is 433 g/mol. The normalized spacial score (nSPS) is 10.5. The van der Waals surface area contributed by atoms with Crippen LogP contribution >= 0.6 is 24.0 Å². The van der Waals surface area contributed by atoms with Gasteiger partial charge in [-0.05, 0) is 12.8 Å². The predicted molar refractivity (Wildman–Crippen MR) is 114 cm³/mol. The van der Waals surface area contributed by atoms with Gasteiger partial charge in [-0.25, -0.2) is 0 Å². The Hall–Kier alpha value is -1.64. The highest BCUT2D eigenvalue weighted by Gasteiger charge is 2.14. The van der Waals surface area contributed by atoms with Crippen LogP contribution in [0.3, 0.4) is 0 Å². The lowest BCUT2D eigenvalue weighted by Gasteiger charge is -2.23. The minimum absolute atomic E-state index is 0. The van der Waals surface area contributed by atoms with Gasteiger partial charge in [0.05, 0.1) is 33.4 Å². The Labute approximate surface area is 168 Å². The molecule has 6 nitrogen and oxygen atoms in total. The summed E-state index contributed by atoms with van der Waals surface area (Å²) >= 11 is 0. The zero-order chi connectivity index (χ0) is 17.9. The van der Waals surface area contributed by atoms with Gasteiger partial charge in [0.25, 0.3) is 0 Å². The van der Waals surface area contributed by atoms with Crippen LogP contribution in [0.5, 0.6) is 17.2 Å². The van der Waals surface area contributed by atoms with E-state index in [2.05, 4.69) is 21.8 Å². The lowest BCUT2D eigenvalue weighted by molar-refractivity contribution is 0.367. The number of nitrogens with one attached hydrogen (secondary N) is 1. The van der Waals surface area contributed by atoms with Gasteiger partial charge in [-0.3, -0.25) is 4.99 Å². The highest BCUT2D eigenvalue weighted by atomic mass is 127. The number of benzene rings is 1. The first-order valence-electron chi connectivity index (χ1n) is 7.92. The molecule has 0 radical (unpaired) electrons. The molecule has 0 amide bonds. The number of guanidine groups is 1. The van der Waals surface area contributed by atoms with Crippen molar-refractivity contribution in [1.82, 2.24) is 10.2 Å².